The number of rotatable bonds is 2. The number of hydrogen-bond donors (Lipinski definition) is 2. The number of carbonyl (C=O) groups is 1. The van der Waals surface area contributed by atoms with Gasteiger partial charge in [0.25, 0.3) is 0 Å². The molecule has 2 rings (SSSR count). The summed E-state index contributed by atoms with van der Waals surface area (Å²) in [6, 6.07) is 0.0200. The number of hydrogen-bond acceptors (Lipinski definition) is 3. The zero-order valence-electron chi connectivity index (χ0n) is 10.00. The minimum atomic E-state index is 0.0200. The molecule has 0 aliphatic carbocycles. The van der Waals surface area contributed by atoms with Crippen LogP contribution in [0.25, 0.3) is 0 Å². The van der Waals surface area contributed by atoms with Crippen molar-refractivity contribution in [3.63, 3.8) is 0 Å². The van der Waals surface area contributed by atoms with Gasteiger partial charge in [-0.05, 0) is 44.1 Å². The largest absolute Gasteiger partial charge is 0.381 e. The van der Waals surface area contributed by atoms with Crippen molar-refractivity contribution in [3.05, 3.63) is 0 Å². The molecule has 16 heavy (non-hydrogen) atoms. The highest BCUT2D eigenvalue weighted by molar-refractivity contribution is 5.81. The summed E-state index contributed by atoms with van der Waals surface area (Å²) in [5.41, 5.74) is 0. The van der Waals surface area contributed by atoms with Gasteiger partial charge in [-0.25, -0.2) is 0 Å². The first kappa shape index (κ1) is 11.9. The maximum absolute atomic E-state index is 11.6. The monoisotopic (exact) mass is 226 g/mol. The number of carbonyl (C=O) groups excluding carboxylic acids is 1. The van der Waals surface area contributed by atoms with Crippen molar-refractivity contribution >= 4 is 5.91 Å². The van der Waals surface area contributed by atoms with Crippen molar-refractivity contribution < 1.29 is 9.53 Å². The van der Waals surface area contributed by atoms with Gasteiger partial charge < -0.3 is 15.4 Å². The van der Waals surface area contributed by atoms with E-state index >= 15 is 0 Å². The van der Waals surface area contributed by atoms with Crippen molar-refractivity contribution in [2.75, 3.05) is 26.8 Å². The summed E-state index contributed by atoms with van der Waals surface area (Å²) in [5.74, 6) is 1.60. The molecule has 2 saturated heterocycles. The summed E-state index contributed by atoms with van der Waals surface area (Å²) in [4.78, 5) is 11.6. The molecule has 4 heteroatoms. The molecule has 2 atom stereocenters. The molecule has 2 fully saturated rings. The van der Waals surface area contributed by atoms with Crippen LogP contribution in [0.5, 0.6) is 0 Å². The van der Waals surface area contributed by atoms with Crippen LogP contribution in [0.2, 0.25) is 0 Å². The molecule has 0 spiro atoms. The van der Waals surface area contributed by atoms with Crippen LogP contribution in [-0.2, 0) is 9.53 Å². The zero-order valence-corrected chi connectivity index (χ0v) is 10.00. The third-order valence-electron chi connectivity index (χ3n) is 3.94. The van der Waals surface area contributed by atoms with Gasteiger partial charge in [0, 0.05) is 20.3 Å². The van der Waals surface area contributed by atoms with Crippen LogP contribution in [-0.4, -0.2) is 38.8 Å². The number of likely N-dealkylation sites (N-methyl/N-ethyl adjacent to an activating group) is 1. The van der Waals surface area contributed by atoms with E-state index < -0.39 is 0 Å². The Morgan fingerprint density at radius 3 is 2.69 bits per heavy atom. The predicted octanol–water partition coefficient (Wildman–Crippen LogP) is 0.527. The van der Waals surface area contributed by atoms with Crippen molar-refractivity contribution in [2.45, 2.75) is 31.7 Å². The fourth-order valence-corrected chi connectivity index (χ4v) is 2.94. The Kier molecular flexibility index (Phi) is 4.18. The van der Waals surface area contributed by atoms with E-state index in [9.17, 15) is 4.79 Å². The molecule has 2 aliphatic heterocycles. The first-order chi connectivity index (χ1) is 7.81. The predicted molar refractivity (Wildman–Crippen MR) is 62.1 cm³/mol. The van der Waals surface area contributed by atoms with Gasteiger partial charge in [0.1, 0.15) is 0 Å². The van der Waals surface area contributed by atoms with Crippen molar-refractivity contribution in [1.82, 2.24) is 10.6 Å². The van der Waals surface area contributed by atoms with Gasteiger partial charge in [0.15, 0.2) is 0 Å². The van der Waals surface area contributed by atoms with Gasteiger partial charge in [0.05, 0.1) is 6.04 Å². The van der Waals surface area contributed by atoms with E-state index in [0.717, 1.165) is 32.1 Å². The second-order valence-electron chi connectivity index (χ2n) is 4.86. The SMILES string of the molecule is CNC(=O)C1CC(C2CCOCC2)CCN1. The van der Waals surface area contributed by atoms with Gasteiger partial charge >= 0.3 is 0 Å². The van der Waals surface area contributed by atoms with E-state index in [-0.39, 0.29) is 11.9 Å². The van der Waals surface area contributed by atoms with E-state index in [1.807, 2.05) is 0 Å². The Bertz CT molecular complexity index is 239. The molecule has 1 amide bonds. The topological polar surface area (TPSA) is 50.4 Å². The minimum Gasteiger partial charge on any atom is -0.381 e. The Morgan fingerprint density at radius 2 is 2.00 bits per heavy atom. The second-order valence-corrected chi connectivity index (χ2v) is 4.86. The smallest absolute Gasteiger partial charge is 0.236 e. The lowest BCUT2D eigenvalue weighted by Gasteiger charge is -2.36. The molecule has 2 unspecified atom stereocenters. The number of nitrogens with one attached hydrogen (secondary N) is 2. The van der Waals surface area contributed by atoms with Crippen LogP contribution in [0.15, 0.2) is 0 Å². The van der Waals surface area contributed by atoms with Gasteiger partial charge in [-0.3, -0.25) is 4.79 Å². The van der Waals surface area contributed by atoms with Gasteiger partial charge in [0.2, 0.25) is 5.91 Å². The quantitative estimate of drug-likeness (QED) is 0.722. The minimum absolute atomic E-state index is 0.0200. The molecule has 92 valence electrons. The van der Waals surface area contributed by atoms with E-state index in [1.54, 1.807) is 7.05 Å². The Labute approximate surface area is 97.1 Å². The molecule has 0 aromatic carbocycles. The second kappa shape index (κ2) is 5.64. The maximum atomic E-state index is 11.6. The molecule has 0 aromatic heterocycles. The molecule has 2 N–H and O–H groups in total. The van der Waals surface area contributed by atoms with E-state index in [2.05, 4.69) is 10.6 Å². The highest BCUT2D eigenvalue weighted by Gasteiger charge is 2.31. The highest BCUT2D eigenvalue weighted by atomic mass is 16.5. The fraction of sp³-hybridized carbons (Fsp3) is 0.917. The van der Waals surface area contributed by atoms with Crippen LogP contribution >= 0.6 is 0 Å². The summed E-state index contributed by atoms with van der Waals surface area (Å²) in [6.45, 7) is 2.78. The van der Waals surface area contributed by atoms with E-state index in [1.165, 1.54) is 19.3 Å². The maximum Gasteiger partial charge on any atom is 0.236 e. The lowest BCUT2D eigenvalue weighted by atomic mass is 9.78. The molecule has 0 bridgehead atoms. The average Bonchev–Trinajstić information content (AvgIpc) is 2.39. The summed E-state index contributed by atoms with van der Waals surface area (Å²) in [7, 11) is 1.71. The lowest BCUT2D eigenvalue weighted by molar-refractivity contribution is -0.123. The Balaban J connectivity index is 1.87. The number of amides is 1. The average molecular weight is 226 g/mol. The summed E-state index contributed by atoms with van der Waals surface area (Å²) < 4.78 is 5.39. The van der Waals surface area contributed by atoms with Crippen LogP contribution in [0.3, 0.4) is 0 Å². The molecule has 2 aliphatic rings. The summed E-state index contributed by atoms with van der Waals surface area (Å²) >= 11 is 0. The van der Waals surface area contributed by atoms with Crippen LogP contribution in [0.1, 0.15) is 25.7 Å². The molecular formula is C12H22N2O2. The Hall–Kier alpha value is -0.610. The van der Waals surface area contributed by atoms with E-state index in [0.29, 0.717) is 5.92 Å². The third kappa shape index (κ3) is 2.74. The normalized spacial score (nSPS) is 32.3. The van der Waals surface area contributed by atoms with E-state index in [4.69, 9.17) is 4.74 Å². The van der Waals surface area contributed by atoms with Crippen LogP contribution in [0, 0.1) is 11.8 Å². The molecular weight excluding hydrogens is 204 g/mol. The number of piperidine rings is 1. The molecule has 4 nitrogen and oxygen atoms in total. The summed E-state index contributed by atoms with van der Waals surface area (Å²) in [5, 5.41) is 6.03. The lowest BCUT2D eigenvalue weighted by Crippen LogP contribution is -2.49. The zero-order chi connectivity index (χ0) is 11.4. The molecule has 0 saturated carbocycles. The molecule has 0 aromatic rings. The highest BCUT2D eigenvalue weighted by Crippen LogP contribution is 2.31. The summed E-state index contributed by atoms with van der Waals surface area (Å²) in [6.07, 6.45) is 4.54. The van der Waals surface area contributed by atoms with Gasteiger partial charge in [-0.15, -0.1) is 0 Å². The standard InChI is InChI=1S/C12H22N2O2/c1-13-12(15)11-8-10(2-5-14-11)9-3-6-16-7-4-9/h9-11,14H,2-8H2,1H3,(H,13,15). The van der Waals surface area contributed by atoms with Crippen LogP contribution in [0.4, 0.5) is 0 Å². The number of ether oxygens (including phenoxy) is 1. The van der Waals surface area contributed by atoms with Gasteiger partial charge in [-0.2, -0.15) is 0 Å². The fourth-order valence-electron chi connectivity index (χ4n) is 2.94. The van der Waals surface area contributed by atoms with Crippen molar-refractivity contribution in [3.8, 4) is 0 Å². The Morgan fingerprint density at radius 1 is 1.25 bits per heavy atom. The third-order valence-corrected chi connectivity index (χ3v) is 3.94. The first-order valence-corrected chi connectivity index (χ1v) is 6.34. The molecule has 2 heterocycles. The first-order valence-electron chi connectivity index (χ1n) is 6.34. The molecule has 0 radical (unpaired) electrons. The van der Waals surface area contributed by atoms with Crippen molar-refractivity contribution in [1.29, 1.82) is 0 Å². The van der Waals surface area contributed by atoms with Gasteiger partial charge in [-0.1, -0.05) is 0 Å². The van der Waals surface area contributed by atoms with Crippen molar-refractivity contribution in [2.24, 2.45) is 11.8 Å². The van der Waals surface area contributed by atoms with Crippen LogP contribution < -0.4 is 10.6 Å².